The van der Waals surface area contributed by atoms with Gasteiger partial charge in [0.15, 0.2) is 0 Å². The van der Waals surface area contributed by atoms with Crippen LogP contribution < -0.4 is 5.73 Å². The third-order valence-corrected chi connectivity index (χ3v) is 4.05. The summed E-state index contributed by atoms with van der Waals surface area (Å²) >= 11 is 0. The molecule has 2 aliphatic rings. The summed E-state index contributed by atoms with van der Waals surface area (Å²) in [7, 11) is 0. The van der Waals surface area contributed by atoms with E-state index in [4.69, 9.17) is 11.0 Å². The predicted octanol–water partition coefficient (Wildman–Crippen LogP) is 1.63. The zero-order valence-corrected chi connectivity index (χ0v) is 9.52. The van der Waals surface area contributed by atoms with E-state index in [9.17, 15) is 0 Å². The molecule has 2 fully saturated rings. The lowest BCUT2D eigenvalue weighted by molar-refractivity contribution is 0.0770. The van der Waals surface area contributed by atoms with Crippen molar-refractivity contribution in [1.82, 2.24) is 4.90 Å². The van der Waals surface area contributed by atoms with Gasteiger partial charge in [0.25, 0.3) is 0 Å². The molecular formula is C12H21N3. The maximum atomic E-state index is 8.84. The van der Waals surface area contributed by atoms with E-state index in [-0.39, 0.29) is 0 Å². The summed E-state index contributed by atoms with van der Waals surface area (Å²) in [6.07, 6.45) is 6.63. The second-order valence-corrected chi connectivity index (χ2v) is 4.99. The molecule has 3 unspecified atom stereocenters. The third-order valence-electron chi connectivity index (χ3n) is 4.05. The lowest BCUT2D eigenvalue weighted by atomic mass is 9.94. The fourth-order valence-corrected chi connectivity index (χ4v) is 3.42. The molecule has 0 aromatic carbocycles. The van der Waals surface area contributed by atoms with Gasteiger partial charge < -0.3 is 5.73 Å². The number of hydrogen-bond donors (Lipinski definition) is 1. The molecule has 84 valence electrons. The normalized spacial score (nSPS) is 37.5. The SMILES string of the molecule is CCC(CC#N)N1C2CCC1CC(N)C2. The summed E-state index contributed by atoms with van der Waals surface area (Å²) in [5.41, 5.74) is 6.04. The van der Waals surface area contributed by atoms with Crippen molar-refractivity contribution in [2.24, 2.45) is 5.73 Å². The highest BCUT2D eigenvalue weighted by Crippen LogP contribution is 2.37. The van der Waals surface area contributed by atoms with Crippen LogP contribution in [0.15, 0.2) is 0 Å². The van der Waals surface area contributed by atoms with E-state index < -0.39 is 0 Å². The maximum absolute atomic E-state index is 8.84. The van der Waals surface area contributed by atoms with Crippen molar-refractivity contribution in [3.8, 4) is 6.07 Å². The lowest BCUT2D eigenvalue weighted by Gasteiger charge is -2.42. The number of nitrogens with two attached hydrogens (primary N) is 1. The fourth-order valence-electron chi connectivity index (χ4n) is 3.42. The van der Waals surface area contributed by atoms with Crippen LogP contribution in [0.2, 0.25) is 0 Å². The summed E-state index contributed by atoms with van der Waals surface area (Å²) in [5.74, 6) is 0. The summed E-state index contributed by atoms with van der Waals surface area (Å²) in [5, 5.41) is 8.84. The smallest absolute Gasteiger partial charge is 0.0638 e. The molecule has 3 nitrogen and oxygen atoms in total. The summed E-state index contributed by atoms with van der Waals surface area (Å²) in [6.45, 7) is 2.19. The minimum absolute atomic E-state index is 0.401. The van der Waals surface area contributed by atoms with Crippen molar-refractivity contribution < 1.29 is 0 Å². The number of nitriles is 1. The monoisotopic (exact) mass is 207 g/mol. The molecule has 2 bridgehead atoms. The minimum Gasteiger partial charge on any atom is -0.328 e. The van der Waals surface area contributed by atoms with Crippen LogP contribution in [0.25, 0.3) is 0 Å². The average molecular weight is 207 g/mol. The van der Waals surface area contributed by atoms with Crippen LogP contribution >= 0.6 is 0 Å². The highest BCUT2D eigenvalue weighted by Gasteiger charge is 2.42. The maximum Gasteiger partial charge on any atom is 0.0638 e. The first-order chi connectivity index (χ1) is 7.26. The molecule has 2 aliphatic heterocycles. The van der Waals surface area contributed by atoms with Crippen molar-refractivity contribution in [2.75, 3.05) is 0 Å². The molecule has 3 heteroatoms. The number of fused-ring (bicyclic) bond motifs is 2. The average Bonchev–Trinajstić information content (AvgIpc) is 2.47. The van der Waals surface area contributed by atoms with Gasteiger partial charge in [-0.15, -0.1) is 0 Å². The Morgan fingerprint density at radius 1 is 1.40 bits per heavy atom. The summed E-state index contributed by atoms with van der Waals surface area (Å²) in [4.78, 5) is 2.60. The van der Waals surface area contributed by atoms with Gasteiger partial charge in [-0.05, 0) is 32.1 Å². The molecular weight excluding hydrogens is 186 g/mol. The third kappa shape index (κ3) is 2.02. The Morgan fingerprint density at radius 2 is 2.00 bits per heavy atom. The summed E-state index contributed by atoms with van der Waals surface area (Å²) in [6, 6.07) is 4.52. The van der Waals surface area contributed by atoms with E-state index >= 15 is 0 Å². The van der Waals surface area contributed by atoms with Gasteiger partial charge in [0.05, 0.1) is 12.5 Å². The van der Waals surface area contributed by atoms with Gasteiger partial charge >= 0.3 is 0 Å². The Bertz CT molecular complexity index is 244. The Kier molecular flexibility index (Phi) is 3.28. The molecule has 2 heterocycles. The van der Waals surface area contributed by atoms with Crippen molar-refractivity contribution in [3.05, 3.63) is 0 Å². The molecule has 0 aromatic rings. The standard InChI is InChI=1S/C12H21N3/c1-2-10(5-6-13)15-11-3-4-12(15)8-9(14)7-11/h9-12H,2-5,7-8,14H2,1H3. The molecule has 3 atom stereocenters. The van der Waals surface area contributed by atoms with Gasteiger partial charge in [0.1, 0.15) is 0 Å². The first kappa shape index (κ1) is 10.9. The molecule has 15 heavy (non-hydrogen) atoms. The molecule has 0 aliphatic carbocycles. The second kappa shape index (κ2) is 4.51. The first-order valence-corrected chi connectivity index (χ1v) is 6.16. The number of hydrogen-bond acceptors (Lipinski definition) is 3. The molecule has 0 radical (unpaired) electrons. The topological polar surface area (TPSA) is 53.0 Å². The van der Waals surface area contributed by atoms with E-state index in [1.807, 2.05) is 0 Å². The summed E-state index contributed by atoms with van der Waals surface area (Å²) < 4.78 is 0. The van der Waals surface area contributed by atoms with E-state index in [1.165, 1.54) is 12.8 Å². The minimum atomic E-state index is 0.401. The molecule has 0 aromatic heterocycles. The van der Waals surface area contributed by atoms with E-state index in [0.717, 1.165) is 19.3 Å². The van der Waals surface area contributed by atoms with Gasteiger partial charge in [-0.25, -0.2) is 0 Å². The Labute approximate surface area is 92.2 Å². The predicted molar refractivity (Wildman–Crippen MR) is 60.2 cm³/mol. The number of piperidine rings is 1. The Balaban J connectivity index is 2.06. The van der Waals surface area contributed by atoms with Gasteiger partial charge in [0, 0.05) is 24.2 Å². The number of rotatable bonds is 3. The lowest BCUT2D eigenvalue weighted by Crippen LogP contribution is -2.51. The zero-order chi connectivity index (χ0) is 10.8. The van der Waals surface area contributed by atoms with Gasteiger partial charge in [-0.1, -0.05) is 6.92 Å². The van der Waals surface area contributed by atoms with Crippen LogP contribution in [0, 0.1) is 11.3 Å². The molecule has 2 rings (SSSR count). The van der Waals surface area contributed by atoms with Crippen LogP contribution in [-0.4, -0.2) is 29.1 Å². The molecule has 0 saturated carbocycles. The molecule has 2 saturated heterocycles. The van der Waals surface area contributed by atoms with Crippen LogP contribution in [0.5, 0.6) is 0 Å². The highest BCUT2D eigenvalue weighted by molar-refractivity contribution is 5.00. The van der Waals surface area contributed by atoms with Gasteiger partial charge in [-0.3, -0.25) is 4.90 Å². The zero-order valence-electron chi connectivity index (χ0n) is 9.52. The van der Waals surface area contributed by atoms with Crippen LogP contribution in [-0.2, 0) is 0 Å². The molecule has 0 amide bonds. The molecule has 2 N–H and O–H groups in total. The van der Waals surface area contributed by atoms with Crippen LogP contribution in [0.4, 0.5) is 0 Å². The Morgan fingerprint density at radius 3 is 2.47 bits per heavy atom. The fraction of sp³-hybridized carbons (Fsp3) is 0.917. The van der Waals surface area contributed by atoms with E-state index in [2.05, 4.69) is 17.9 Å². The van der Waals surface area contributed by atoms with Crippen molar-refractivity contribution in [1.29, 1.82) is 5.26 Å². The van der Waals surface area contributed by atoms with Crippen LogP contribution in [0.3, 0.4) is 0 Å². The van der Waals surface area contributed by atoms with Crippen molar-refractivity contribution in [3.63, 3.8) is 0 Å². The first-order valence-electron chi connectivity index (χ1n) is 6.16. The van der Waals surface area contributed by atoms with Gasteiger partial charge in [0.2, 0.25) is 0 Å². The highest BCUT2D eigenvalue weighted by atomic mass is 15.2. The van der Waals surface area contributed by atoms with E-state index in [1.54, 1.807) is 0 Å². The van der Waals surface area contributed by atoms with Crippen molar-refractivity contribution in [2.45, 2.75) is 69.6 Å². The Hall–Kier alpha value is -0.590. The van der Waals surface area contributed by atoms with Crippen molar-refractivity contribution >= 4 is 0 Å². The largest absolute Gasteiger partial charge is 0.328 e. The van der Waals surface area contributed by atoms with Crippen LogP contribution in [0.1, 0.15) is 45.4 Å². The van der Waals surface area contributed by atoms with Gasteiger partial charge in [-0.2, -0.15) is 5.26 Å². The van der Waals surface area contributed by atoms with E-state index in [0.29, 0.717) is 30.6 Å². The molecule has 0 spiro atoms. The quantitative estimate of drug-likeness (QED) is 0.765. The number of nitrogens with zero attached hydrogens (tertiary/aromatic N) is 2. The second-order valence-electron chi connectivity index (χ2n) is 4.99.